The number of carbonyl (C=O) groups is 1. The largest absolute Gasteiger partial charge is 0.494 e. The van der Waals surface area contributed by atoms with Crippen LogP contribution in [0, 0.1) is 0 Å². The van der Waals surface area contributed by atoms with Crippen LogP contribution in [0.15, 0.2) is 24.3 Å². The van der Waals surface area contributed by atoms with Gasteiger partial charge < -0.3 is 14.6 Å². The minimum Gasteiger partial charge on any atom is -0.494 e. The van der Waals surface area contributed by atoms with Crippen molar-refractivity contribution in [3.8, 4) is 5.75 Å². The molecule has 1 N–H and O–H groups in total. The molecule has 1 aromatic carbocycles. The average molecular weight is 292 g/mol. The lowest BCUT2D eigenvalue weighted by molar-refractivity contribution is -0.214. The Morgan fingerprint density at radius 3 is 2.35 bits per heavy atom. The lowest BCUT2D eigenvalue weighted by atomic mass is 10.2. The minimum absolute atomic E-state index is 0.0616. The fraction of sp³-hybridized carbons (Fsp3) is 0.462. The van der Waals surface area contributed by atoms with E-state index in [1.165, 1.54) is 24.3 Å². The van der Waals surface area contributed by atoms with Gasteiger partial charge in [-0.05, 0) is 31.2 Å². The third-order valence-electron chi connectivity index (χ3n) is 2.49. The van der Waals surface area contributed by atoms with E-state index >= 15 is 0 Å². The molecule has 0 aromatic heterocycles. The molecule has 0 radical (unpaired) electrons. The standard InChI is InChI=1S/C13H15F3O4/c1-9(13(14,15)16)19-7-2-8-20-11-5-3-10(4-6-11)12(17)18/h3-6,9H,2,7-8H2,1H3,(H,17,18). The van der Waals surface area contributed by atoms with Crippen molar-refractivity contribution in [2.24, 2.45) is 0 Å². The normalized spacial score (nSPS) is 13.0. The first kappa shape index (κ1) is 16.3. The predicted octanol–water partition coefficient (Wildman–Crippen LogP) is 3.12. The maximum atomic E-state index is 12.1. The molecule has 1 atom stereocenters. The number of hydrogen-bond donors (Lipinski definition) is 1. The Kier molecular flexibility index (Phi) is 5.82. The van der Waals surface area contributed by atoms with Gasteiger partial charge >= 0.3 is 12.1 Å². The molecule has 0 heterocycles. The van der Waals surface area contributed by atoms with E-state index in [0.717, 1.165) is 6.92 Å². The van der Waals surface area contributed by atoms with Crippen molar-refractivity contribution in [2.75, 3.05) is 13.2 Å². The van der Waals surface area contributed by atoms with E-state index < -0.39 is 18.2 Å². The monoisotopic (exact) mass is 292 g/mol. The SMILES string of the molecule is CC(OCCCOc1ccc(C(=O)O)cc1)C(F)(F)F. The topological polar surface area (TPSA) is 55.8 Å². The maximum absolute atomic E-state index is 12.1. The third-order valence-corrected chi connectivity index (χ3v) is 2.49. The molecule has 0 saturated heterocycles. The molecule has 0 aliphatic heterocycles. The van der Waals surface area contributed by atoms with Gasteiger partial charge in [0.05, 0.1) is 18.8 Å². The van der Waals surface area contributed by atoms with Crippen molar-refractivity contribution >= 4 is 5.97 Å². The van der Waals surface area contributed by atoms with Crippen LogP contribution in [0.4, 0.5) is 13.2 Å². The maximum Gasteiger partial charge on any atom is 0.414 e. The summed E-state index contributed by atoms with van der Waals surface area (Å²) in [6.07, 6.45) is -5.84. The van der Waals surface area contributed by atoms with E-state index in [1.54, 1.807) is 0 Å². The average Bonchev–Trinajstić information content (AvgIpc) is 2.37. The number of halogens is 3. The van der Waals surface area contributed by atoms with Crippen molar-refractivity contribution in [2.45, 2.75) is 25.6 Å². The molecule has 0 saturated carbocycles. The summed E-state index contributed by atoms with van der Waals surface area (Å²) in [5.74, 6) is -0.579. The van der Waals surface area contributed by atoms with E-state index in [4.69, 9.17) is 9.84 Å². The van der Waals surface area contributed by atoms with Crippen molar-refractivity contribution < 1.29 is 32.5 Å². The molecule has 1 unspecified atom stereocenters. The summed E-state index contributed by atoms with van der Waals surface area (Å²) in [6.45, 7) is 1.08. The van der Waals surface area contributed by atoms with Gasteiger partial charge in [-0.1, -0.05) is 0 Å². The van der Waals surface area contributed by atoms with Crippen LogP contribution in [0.5, 0.6) is 5.75 Å². The Balaban J connectivity index is 2.23. The molecule has 1 rings (SSSR count). The van der Waals surface area contributed by atoms with Gasteiger partial charge in [-0.2, -0.15) is 13.2 Å². The smallest absolute Gasteiger partial charge is 0.414 e. The molecule has 7 heteroatoms. The van der Waals surface area contributed by atoms with Gasteiger partial charge in [-0.3, -0.25) is 0 Å². The highest BCUT2D eigenvalue weighted by Gasteiger charge is 2.36. The fourth-order valence-corrected chi connectivity index (χ4v) is 1.30. The van der Waals surface area contributed by atoms with Crippen LogP contribution in [0.3, 0.4) is 0 Å². The van der Waals surface area contributed by atoms with Gasteiger partial charge in [0.2, 0.25) is 0 Å². The first-order valence-electron chi connectivity index (χ1n) is 5.95. The first-order valence-corrected chi connectivity index (χ1v) is 5.95. The Morgan fingerprint density at radius 2 is 1.85 bits per heavy atom. The Labute approximate surface area is 114 Å². The molecule has 0 aliphatic carbocycles. The summed E-state index contributed by atoms with van der Waals surface area (Å²) < 4.78 is 46.2. The summed E-state index contributed by atoms with van der Waals surface area (Å²) in [5.41, 5.74) is 0.139. The molecule has 0 aliphatic rings. The van der Waals surface area contributed by atoms with Gasteiger partial charge in [0.1, 0.15) is 5.75 Å². The van der Waals surface area contributed by atoms with Crippen molar-refractivity contribution in [3.63, 3.8) is 0 Å². The summed E-state index contributed by atoms with van der Waals surface area (Å²) in [7, 11) is 0. The number of alkyl halides is 3. The number of rotatable bonds is 7. The zero-order chi connectivity index (χ0) is 15.2. The second-order valence-corrected chi connectivity index (χ2v) is 4.09. The van der Waals surface area contributed by atoms with E-state index in [-0.39, 0.29) is 18.8 Å². The molecule has 20 heavy (non-hydrogen) atoms. The Hall–Kier alpha value is -1.76. The van der Waals surface area contributed by atoms with Crippen molar-refractivity contribution in [1.82, 2.24) is 0 Å². The number of carboxylic acids is 1. The van der Waals surface area contributed by atoms with E-state index in [1.807, 2.05) is 0 Å². The lowest BCUT2D eigenvalue weighted by Crippen LogP contribution is -2.29. The highest BCUT2D eigenvalue weighted by Crippen LogP contribution is 2.22. The molecular formula is C13H15F3O4. The van der Waals surface area contributed by atoms with Crippen LogP contribution in [0.2, 0.25) is 0 Å². The number of hydrogen-bond acceptors (Lipinski definition) is 3. The van der Waals surface area contributed by atoms with E-state index in [9.17, 15) is 18.0 Å². The zero-order valence-corrected chi connectivity index (χ0v) is 10.8. The van der Waals surface area contributed by atoms with E-state index in [0.29, 0.717) is 12.2 Å². The van der Waals surface area contributed by atoms with Crippen molar-refractivity contribution in [3.05, 3.63) is 29.8 Å². The number of aromatic carboxylic acids is 1. The van der Waals surface area contributed by atoms with Gasteiger partial charge in [0.15, 0.2) is 6.10 Å². The molecule has 112 valence electrons. The summed E-state index contributed by atoms with van der Waals surface area (Å²) in [4.78, 5) is 10.6. The van der Waals surface area contributed by atoms with Crippen LogP contribution in [0.25, 0.3) is 0 Å². The quantitative estimate of drug-likeness (QED) is 0.784. The number of benzene rings is 1. The van der Waals surface area contributed by atoms with Gasteiger partial charge in [-0.15, -0.1) is 0 Å². The van der Waals surface area contributed by atoms with Crippen LogP contribution >= 0.6 is 0 Å². The van der Waals surface area contributed by atoms with Crippen molar-refractivity contribution in [1.29, 1.82) is 0 Å². The summed E-state index contributed by atoms with van der Waals surface area (Å²) >= 11 is 0. The molecule has 4 nitrogen and oxygen atoms in total. The highest BCUT2D eigenvalue weighted by atomic mass is 19.4. The van der Waals surface area contributed by atoms with Gasteiger partial charge in [0.25, 0.3) is 0 Å². The second kappa shape index (κ2) is 7.14. The lowest BCUT2D eigenvalue weighted by Gasteiger charge is -2.16. The molecule has 0 spiro atoms. The first-order chi connectivity index (χ1) is 9.30. The molecular weight excluding hydrogens is 277 g/mol. The Morgan fingerprint density at radius 1 is 1.25 bits per heavy atom. The van der Waals surface area contributed by atoms with E-state index in [2.05, 4.69) is 4.74 Å². The predicted molar refractivity (Wildman–Crippen MR) is 65.0 cm³/mol. The van der Waals surface area contributed by atoms with Crippen LogP contribution in [0.1, 0.15) is 23.7 Å². The van der Waals surface area contributed by atoms with Crippen LogP contribution in [-0.4, -0.2) is 36.6 Å². The Bertz CT molecular complexity index is 428. The molecule has 1 aromatic rings. The second-order valence-electron chi connectivity index (χ2n) is 4.09. The van der Waals surface area contributed by atoms with Crippen LogP contribution in [-0.2, 0) is 4.74 Å². The minimum atomic E-state index is -4.35. The third kappa shape index (κ3) is 5.48. The number of carboxylic acid groups (broad SMARTS) is 1. The summed E-state index contributed by atoms with van der Waals surface area (Å²) in [5, 5.41) is 8.69. The fourth-order valence-electron chi connectivity index (χ4n) is 1.30. The summed E-state index contributed by atoms with van der Waals surface area (Å²) in [6, 6.07) is 5.76. The van der Waals surface area contributed by atoms with Gasteiger partial charge in [-0.25, -0.2) is 4.79 Å². The number of ether oxygens (including phenoxy) is 2. The van der Waals surface area contributed by atoms with Gasteiger partial charge in [0, 0.05) is 6.42 Å². The highest BCUT2D eigenvalue weighted by molar-refractivity contribution is 5.87. The molecule has 0 bridgehead atoms. The molecule has 0 fully saturated rings. The zero-order valence-electron chi connectivity index (χ0n) is 10.8. The molecule has 0 amide bonds. The van der Waals surface area contributed by atoms with Crippen LogP contribution < -0.4 is 4.74 Å².